The summed E-state index contributed by atoms with van der Waals surface area (Å²) in [7, 11) is 0. The molecule has 4 atom stereocenters. The molecule has 14 nitrogen and oxygen atoms in total. The number of amides is 4. The van der Waals surface area contributed by atoms with Crippen molar-refractivity contribution in [2.45, 2.75) is 56.3 Å². The van der Waals surface area contributed by atoms with Crippen molar-refractivity contribution in [1.29, 1.82) is 0 Å². The first-order chi connectivity index (χ1) is 16.1. The van der Waals surface area contributed by atoms with Crippen molar-refractivity contribution in [2.75, 3.05) is 12.3 Å². The largest absolute Gasteiger partial charge is 0.480 e. The summed E-state index contributed by atoms with van der Waals surface area (Å²) >= 11 is 3.92. The molecule has 0 fully saturated rings. The molecule has 1 rings (SSSR count). The summed E-state index contributed by atoms with van der Waals surface area (Å²) in [4.78, 5) is 67.1. The van der Waals surface area contributed by atoms with Crippen LogP contribution < -0.4 is 33.2 Å². The number of nitrogens with two attached hydrogens (primary N) is 3. The fraction of sp³-hybridized carbons (Fsp3) is 0.579. The van der Waals surface area contributed by atoms with Gasteiger partial charge in [-0.15, -0.1) is 0 Å². The van der Waals surface area contributed by atoms with Crippen molar-refractivity contribution >= 4 is 42.2 Å². The summed E-state index contributed by atoms with van der Waals surface area (Å²) < 4.78 is 0. The van der Waals surface area contributed by atoms with Crippen LogP contribution in [0.15, 0.2) is 12.5 Å². The van der Waals surface area contributed by atoms with Crippen LogP contribution in [0.2, 0.25) is 0 Å². The molecule has 0 aromatic carbocycles. The van der Waals surface area contributed by atoms with Gasteiger partial charge in [0, 0.05) is 24.1 Å². The summed E-state index contributed by atoms with van der Waals surface area (Å²) in [6.07, 6.45) is 3.64. The molecule has 0 aliphatic carbocycles. The maximum absolute atomic E-state index is 13.0. The zero-order chi connectivity index (χ0) is 25.7. The van der Waals surface area contributed by atoms with Gasteiger partial charge < -0.3 is 43.2 Å². The van der Waals surface area contributed by atoms with Crippen molar-refractivity contribution in [1.82, 2.24) is 25.9 Å². The average Bonchev–Trinajstić information content (AvgIpc) is 3.28. The predicted octanol–water partition coefficient (Wildman–Crippen LogP) is -3.25. The normalized spacial score (nSPS) is 14.3. The van der Waals surface area contributed by atoms with Crippen LogP contribution in [0.3, 0.4) is 0 Å². The van der Waals surface area contributed by atoms with Gasteiger partial charge >= 0.3 is 5.97 Å². The van der Waals surface area contributed by atoms with Gasteiger partial charge in [0.25, 0.3) is 0 Å². The minimum atomic E-state index is -1.29. The Bertz CT molecular complexity index is 837. The molecule has 4 unspecified atom stereocenters. The van der Waals surface area contributed by atoms with Gasteiger partial charge in [0.15, 0.2) is 0 Å². The molecule has 15 heteroatoms. The Morgan fingerprint density at radius 3 is 2.18 bits per heavy atom. The van der Waals surface area contributed by atoms with E-state index in [2.05, 4.69) is 38.5 Å². The van der Waals surface area contributed by atoms with Crippen LogP contribution >= 0.6 is 12.6 Å². The number of nitrogens with one attached hydrogen (secondary N) is 4. The van der Waals surface area contributed by atoms with E-state index in [0.717, 1.165) is 0 Å². The van der Waals surface area contributed by atoms with Gasteiger partial charge in [0.05, 0.1) is 18.8 Å². The van der Waals surface area contributed by atoms with Gasteiger partial charge in [-0.25, -0.2) is 9.78 Å². The van der Waals surface area contributed by atoms with Crippen LogP contribution in [0.4, 0.5) is 0 Å². The van der Waals surface area contributed by atoms with Crippen LogP contribution in [-0.4, -0.2) is 81.1 Å². The number of carboxylic acid groups (broad SMARTS) is 1. The number of aromatic nitrogens is 2. The quantitative estimate of drug-likeness (QED) is 0.0815. The van der Waals surface area contributed by atoms with Gasteiger partial charge in [0.2, 0.25) is 23.6 Å². The molecule has 1 aromatic rings. The number of unbranched alkanes of at least 4 members (excludes halogenated alkanes) is 1. The number of carbonyl (C=O) groups excluding carboxylic acids is 4. The summed E-state index contributed by atoms with van der Waals surface area (Å²) in [6, 6.07) is -4.81. The minimum absolute atomic E-state index is 0.0266. The lowest BCUT2D eigenvalue weighted by Crippen LogP contribution is -2.58. The number of thiol groups is 1. The first-order valence-corrected chi connectivity index (χ1v) is 11.2. The fourth-order valence-corrected chi connectivity index (χ4v) is 3.15. The van der Waals surface area contributed by atoms with Crippen molar-refractivity contribution in [3.05, 3.63) is 18.2 Å². The second-order valence-electron chi connectivity index (χ2n) is 7.55. The second-order valence-corrected chi connectivity index (χ2v) is 7.91. The number of aromatic amines is 1. The summed E-state index contributed by atoms with van der Waals surface area (Å²) in [5, 5.41) is 16.5. The highest BCUT2D eigenvalue weighted by molar-refractivity contribution is 7.80. The lowest BCUT2D eigenvalue weighted by atomic mass is 10.1. The molecule has 0 radical (unpaired) electrons. The predicted molar refractivity (Wildman–Crippen MR) is 124 cm³/mol. The molecule has 0 aliphatic rings. The Morgan fingerprint density at radius 1 is 1.03 bits per heavy atom. The molecular weight excluding hydrogens is 468 g/mol. The van der Waals surface area contributed by atoms with Crippen molar-refractivity contribution < 1.29 is 29.1 Å². The first kappa shape index (κ1) is 28.9. The molecular formula is C19H32N8O6S. The molecule has 34 heavy (non-hydrogen) atoms. The van der Waals surface area contributed by atoms with E-state index in [1.165, 1.54) is 12.5 Å². The highest BCUT2D eigenvalue weighted by atomic mass is 32.1. The van der Waals surface area contributed by atoms with Crippen molar-refractivity contribution in [3.63, 3.8) is 0 Å². The van der Waals surface area contributed by atoms with Crippen molar-refractivity contribution in [2.24, 2.45) is 17.2 Å². The average molecular weight is 501 g/mol. The zero-order valence-corrected chi connectivity index (χ0v) is 19.4. The number of carbonyl (C=O) groups is 5. The molecule has 4 amide bonds. The number of hydrogen-bond acceptors (Lipinski definition) is 9. The number of imidazole rings is 1. The van der Waals surface area contributed by atoms with Gasteiger partial charge in [0.1, 0.15) is 18.1 Å². The van der Waals surface area contributed by atoms with Crippen LogP contribution in [-0.2, 0) is 30.4 Å². The van der Waals surface area contributed by atoms with Crippen LogP contribution in [0.1, 0.15) is 31.4 Å². The molecule has 1 aromatic heterocycles. The van der Waals surface area contributed by atoms with Crippen LogP contribution in [0.25, 0.3) is 0 Å². The maximum Gasteiger partial charge on any atom is 0.327 e. The third kappa shape index (κ3) is 10.2. The molecule has 0 saturated heterocycles. The van der Waals surface area contributed by atoms with E-state index < -0.39 is 60.2 Å². The van der Waals surface area contributed by atoms with E-state index in [1.807, 2.05) is 0 Å². The van der Waals surface area contributed by atoms with Crippen LogP contribution in [0, 0.1) is 0 Å². The van der Waals surface area contributed by atoms with E-state index in [1.54, 1.807) is 0 Å². The number of H-pyrrole nitrogens is 1. The van der Waals surface area contributed by atoms with Crippen molar-refractivity contribution in [3.8, 4) is 0 Å². The van der Waals surface area contributed by atoms with Gasteiger partial charge in [-0.2, -0.15) is 12.6 Å². The third-order valence-electron chi connectivity index (χ3n) is 4.75. The van der Waals surface area contributed by atoms with E-state index in [0.29, 0.717) is 25.1 Å². The third-order valence-corrected chi connectivity index (χ3v) is 5.11. The monoisotopic (exact) mass is 500 g/mol. The lowest BCUT2D eigenvalue weighted by molar-refractivity contribution is -0.141. The molecule has 1 heterocycles. The summed E-state index contributed by atoms with van der Waals surface area (Å²) in [6.45, 7) is 0.370. The fourth-order valence-electron chi connectivity index (χ4n) is 2.91. The standard InChI is InChI=1S/C19H32N8O6S/c20-4-2-1-3-12(25-16(29)11(21)6-15(22)28)17(30)26-13(5-10-7-23-9-24-10)18(31)27-14(8-34)19(32)33/h7,9,11-14,34H,1-6,8,20-21H2,(H2,22,28)(H,23,24)(H,25,29)(H,26,30)(H,27,31)(H,32,33). The summed E-state index contributed by atoms with van der Waals surface area (Å²) in [5.41, 5.74) is 16.7. The number of primary amides is 1. The van der Waals surface area contributed by atoms with E-state index in [-0.39, 0.29) is 18.6 Å². The van der Waals surface area contributed by atoms with Gasteiger partial charge in [-0.3, -0.25) is 19.2 Å². The highest BCUT2D eigenvalue weighted by Gasteiger charge is 2.30. The molecule has 0 aliphatic heterocycles. The SMILES string of the molecule is NCCCCC(NC(=O)C(N)CC(N)=O)C(=O)NC(Cc1cnc[nH]1)C(=O)NC(CS)C(=O)O. The number of aliphatic carboxylic acids is 1. The highest BCUT2D eigenvalue weighted by Crippen LogP contribution is 2.06. The summed E-state index contributed by atoms with van der Waals surface area (Å²) in [5.74, 6) is -4.45. The number of nitrogens with zero attached hydrogens (tertiary/aromatic N) is 1. The van der Waals surface area contributed by atoms with Crippen LogP contribution in [0.5, 0.6) is 0 Å². The Kier molecular flexibility index (Phi) is 12.6. The maximum atomic E-state index is 13.0. The molecule has 190 valence electrons. The number of hydrogen-bond donors (Lipinski definition) is 9. The minimum Gasteiger partial charge on any atom is -0.480 e. The Hall–Kier alpha value is -3.17. The first-order valence-electron chi connectivity index (χ1n) is 10.5. The van der Waals surface area contributed by atoms with E-state index in [4.69, 9.17) is 17.2 Å². The second kappa shape index (κ2) is 14.9. The number of rotatable bonds is 16. The lowest BCUT2D eigenvalue weighted by Gasteiger charge is -2.25. The molecule has 11 N–H and O–H groups in total. The topological polar surface area (TPSA) is 248 Å². The smallest absolute Gasteiger partial charge is 0.327 e. The molecule has 0 saturated carbocycles. The van der Waals surface area contributed by atoms with Gasteiger partial charge in [-0.05, 0) is 25.8 Å². The molecule has 0 bridgehead atoms. The molecule has 0 spiro atoms. The van der Waals surface area contributed by atoms with E-state index in [9.17, 15) is 29.1 Å². The Morgan fingerprint density at radius 2 is 1.65 bits per heavy atom. The van der Waals surface area contributed by atoms with E-state index >= 15 is 0 Å². The zero-order valence-electron chi connectivity index (χ0n) is 18.5. The van der Waals surface area contributed by atoms with Gasteiger partial charge in [-0.1, -0.05) is 0 Å². The Labute approximate surface area is 201 Å². The Balaban J connectivity index is 3.01. The number of carboxylic acids is 1.